The van der Waals surface area contributed by atoms with Crippen LogP contribution in [0.15, 0.2) is 42.7 Å². The van der Waals surface area contributed by atoms with E-state index in [0.29, 0.717) is 10.0 Å². The molecule has 1 N–H and O–H groups in total. The van der Waals surface area contributed by atoms with Gasteiger partial charge < -0.3 is 5.32 Å². The van der Waals surface area contributed by atoms with E-state index in [0.717, 1.165) is 11.1 Å². The summed E-state index contributed by atoms with van der Waals surface area (Å²) >= 11 is 12.3. The van der Waals surface area contributed by atoms with Crippen molar-refractivity contribution in [3.05, 3.63) is 63.9 Å². The molecule has 2 nitrogen and oxygen atoms in total. The smallest absolute Gasteiger partial charge is 0.0639 e. The molecule has 1 unspecified atom stereocenters. The summed E-state index contributed by atoms with van der Waals surface area (Å²) in [5.41, 5.74) is 2.15. The standard InChI is InChI=1S/C15H16Cl2N2/c1-10(12-5-4-8-18-9-12)19-11(2)13-6-3-7-14(16)15(13)17/h3-11,19H,1-2H3/t10-,11?/m0/s1. The lowest BCUT2D eigenvalue weighted by atomic mass is 10.1. The fourth-order valence-electron chi connectivity index (χ4n) is 2.05. The van der Waals surface area contributed by atoms with E-state index in [1.54, 1.807) is 12.3 Å². The zero-order valence-electron chi connectivity index (χ0n) is 10.9. The SMILES string of the molecule is CC(N[C@@H](C)c1cccnc1)c1cccc(Cl)c1Cl. The normalized spacial score (nSPS) is 14.1. The first-order valence-corrected chi connectivity index (χ1v) is 6.95. The second-order valence-electron chi connectivity index (χ2n) is 4.54. The molecule has 2 rings (SSSR count). The van der Waals surface area contributed by atoms with Gasteiger partial charge in [0.1, 0.15) is 0 Å². The number of nitrogens with zero attached hydrogens (tertiary/aromatic N) is 1. The maximum Gasteiger partial charge on any atom is 0.0639 e. The van der Waals surface area contributed by atoms with Gasteiger partial charge in [-0.25, -0.2) is 0 Å². The summed E-state index contributed by atoms with van der Waals surface area (Å²) < 4.78 is 0. The van der Waals surface area contributed by atoms with Gasteiger partial charge in [0.2, 0.25) is 0 Å². The molecule has 0 radical (unpaired) electrons. The molecule has 0 aliphatic rings. The summed E-state index contributed by atoms with van der Waals surface area (Å²) in [7, 11) is 0. The van der Waals surface area contributed by atoms with Gasteiger partial charge in [-0.05, 0) is 37.1 Å². The van der Waals surface area contributed by atoms with E-state index in [4.69, 9.17) is 23.2 Å². The van der Waals surface area contributed by atoms with Crippen molar-refractivity contribution in [3.8, 4) is 0 Å². The highest BCUT2D eigenvalue weighted by atomic mass is 35.5. The predicted octanol–water partition coefficient (Wildman–Crippen LogP) is 4.80. The average Bonchev–Trinajstić information content (AvgIpc) is 2.42. The molecule has 2 atom stereocenters. The third-order valence-electron chi connectivity index (χ3n) is 3.13. The van der Waals surface area contributed by atoms with E-state index >= 15 is 0 Å². The van der Waals surface area contributed by atoms with Crippen molar-refractivity contribution < 1.29 is 0 Å². The first-order valence-electron chi connectivity index (χ1n) is 6.19. The lowest BCUT2D eigenvalue weighted by Crippen LogP contribution is -2.22. The Morgan fingerprint density at radius 1 is 1.05 bits per heavy atom. The monoisotopic (exact) mass is 294 g/mol. The third-order valence-corrected chi connectivity index (χ3v) is 3.97. The fraction of sp³-hybridized carbons (Fsp3) is 0.267. The molecule has 19 heavy (non-hydrogen) atoms. The van der Waals surface area contributed by atoms with Crippen LogP contribution in [0.25, 0.3) is 0 Å². The molecule has 0 bridgehead atoms. The number of rotatable bonds is 4. The molecular weight excluding hydrogens is 279 g/mol. The van der Waals surface area contributed by atoms with Crippen molar-refractivity contribution in [2.75, 3.05) is 0 Å². The average molecular weight is 295 g/mol. The largest absolute Gasteiger partial charge is 0.304 e. The van der Waals surface area contributed by atoms with Gasteiger partial charge in [-0.1, -0.05) is 41.4 Å². The van der Waals surface area contributed by atoms with Crippen molar-refractivity contribution in [1.29, 1.82) is 0 Å². The number of aromatic nitrogens is 1. The van der Waals surface area contributed by atoms with Gasteiger partial charge in [0.15, 0.2) is 0 Å². The Bertz CT molecular complexity index is 543. The van der Waals surface area contributed by atoms with E-state index in [2.05, 4.69) is 30.2 Å². The Morgan fingerprint density at radius 2 is 1.84 bits per heavy atom. The van der Waals surface area contributed by atoms with Gasteiger partial charge >= 0.3 is 0 Å². The number of hydrogen-bond acceptors (Lipinski definition) is 2. The molecule has 2 aromatic rings. The van der Waals surface area contributed by atoms with Crippen LogP contribution >= 0.6 is 23.2 Å². The Morgan fingerprint density at radius 3 is 2.53 bits per heavy atom. The van der Waals surface area contributed by atoms with Gasteiger partial charge in [0, 0.05) is 24.5 Å². The zero-order valence-corrected chi connectivity index (χ0v) is 12.4. The molecule has 0 aliphatic carbocycles. The third kappa shape index (κ3) is 3.47. The van der Waals surface area contributed by atoms with Crippen molar-refractivity contribution in [1.82, 2.24) is 10.3 Å². The first kappa shape index (κ1) is 14.3. The quantitative estimate of drug-likeness (QED) is 0.876. The maximum absolute atomic E-state index is 6.23. The van der Waals surface area contributed by atoms with E-state index in [1.165, 1.54) is 0 Å². The number of halogens is 2. The minimum atomic E-state index is 0.112. The van der Waals surface area contributed by atoms with Gasteiger partial charge in [0.05, 0.1) is 10.0 Å². The van der Waals surface area contributed by atoms with Crippen LogP contribution in [0.4, 0.5) is 0 Å². The molecule has 0 spiro atoms. The summed E-state index contributed by atoms with van der Waals surface area (Å²) in [6.07, 6.45) is 3.64. The van der Waals surface area contributed by atoms with Gasteiger partial charge in [-0.2, -0.15) is 0 Å². The van der Waals surface area contributed by atoms with E-state index in [9.17, 15) is 0 Å². The summed E-state index contributed by atoms with van der Waals surface area (Å²) in [6, 6.07) is 9.99. The van der Waals surface area contributed by atoms with Gasteiger partial charge in [0.25, 0.3) is 0 Å². The molecule has 0 fully saturated rings. The number of benzene rings is 1. The summed E-state index contributed by atoms with van der Waals surface area (Å²) in [5.74, 6) is 0. The zero-order chi connectivity index (χ0) is 13.8. The van der Waals surface area contributed by atoms with Gasteiger partial charge in [-0.15, -0.1) is 0 Å². The van der Waals surface area contributed by atoms with Crippen LogP contribution in [0.2, 0.25) is 10.0 Å². The molecular formula is C15H16Cl2N2. The number of pyridine rings is 1. The number of hydrogen-bond donors (Lipinski definition) is 1. The number of nitrogens with one attached hydrogen (secondary N) is 1. The minimum Gasteiger partial charge on any atom is -0.304 e. The van der Waals surface area contributed by atoms with Crippen molar-refractivity contribution in [2.24, 2.45) is 0 Å². The molecule has 0 amide bonds. The van der Waals surface area contributed by atoms with Crippen LogP contribution in [0.5, 0.6) is 0 Å². The second-order valence-corrected chi connectivity index (χ2v) is 5.32. The summed E-state index contributed by atoms with van der Waals surface area (Å²) in [6.45, 7) is 4.18. The van der Waals surface area contributed by atoms with E-state index in [1.807, 2.05) is 24.4 Å². The maximum atomic E-state index is 6.23. The molecule has 0 aliphatic heterocycles. The van der Waals surface area contributed by atoms with Gasteiger partial charge in [-0.3, -0.25) is 4.98 Å². The summed E-state index contributed by atoms with van der Waals surface area (Å²) in [4.78, 5) is 4.13. The van der Waals surface area contributed by atoms with Crippen LogP contribution in [0.3, 0.4) is 0 Å². The molecule has 1 aromatic heterocycles. The highest BCUT2D eigenvalue weighted by Crippen LogP contribution is 2.30. The Kier molecular flexibility index (Phi) is 4.81. The minimum absolute atomic E-state index is 0.112. The van der Waals surface area contributed by atoms with Crippen LogP contribution < -0.4 is 5.32 Å². The highest BCUT2D eigenvalue weighted by Gasteiger charge is 2.14. The molecule has 4 heteroatoms. The lowest BCUT2D eigenvalue weighted by molar-refractivity contribution is 0.494. The van der Waals surface area contributed by atoms with E-state index < -0.39 is 0 Å². The van der Waals surface area contributed by atoms with Crippen molar-refractivity contribution >= 4 is 23.2 Å². The molecule has 0 saturated carbocycles. The van der Waals surface area contributed by atoms with Crippen molar-refractivity contribution in [2.45, 2.75) is 25.9 Å². The van der Waals surface area contributed by atoms with Crippen LogP contribution in [-0.4, -0.2) is 4.98 Å². The first-order chi connectivity index (χ1) is 9.09. The Hall–Kier alpha value is -1.09. The topological polar surface area (TPSA) is 24.9 Å². The molecule has 0 saturated heterocycles. The second kappa shape index (κ2) is 6.38. The fourth-order valence-corrected chi connectivity index (χ4v) is 2.52. The van der Waals surface area contributed by atoms with E-state index in [-0.39, 0.29) is 12.1 Å². The molecule has 100 valence electrons. The van der Waals surface area contributed by atoms with Crippen LogP contribution in [-0.2, 0) is 0 Å². The Balaban J connectivity index is 2.13. The molecule has 1 aromatic carbocycles. The molecule has 1 heterocycles. The van der Waals surface area contributed by atoms with Crippen LogP contribution in [0.1, 0.15) is 37.1 Å². The lowest BCUT2D eigenvalue weighted by Gasteiger charge is -2.21. The predicted molar refractivity (Wildman–Crippen MR) is 80.7 cm³/mol. The van der Waals surface area contributed by atoms with Crippen molar-refractivity contribution in [3.63, 3.8) is 0 Å². The van der Waals surface area contributed by atoms with Crippen LogP contribution in [0, 0.1) is 0 Å². The Labute approximate surface area is 123 Å². The highest BCUT2D eigenvalue weighted by molar-refractivity contribution is 6.42. The summed E-state index contributed by atoms with van der Waals surface area (Å²) in [5, 5.41) is 4.70.